The van der Waals surface area contributed by atoms with E-state index in [2.05, 4.69) is 15.5 Å². The molecule has 1 N–H and O–H groups in total. The zero-order chi connectivity index (χ0) is 13.5. The quantitative estimate of drug-likeness (QED) is 0.672. The molecule has 1 aromatic carbocycles. The second-order valence-electron chi connectivity index (χ2n) is 4.13. The maximum absolute atomic E-state index is 11.7. The summed E-state index contributed by atoms with van der Waals surface area (Å²) in [4.78, 5) is 15.6. The lowest BCUT2D eigenvalue weighted by Gasteiger charge is -2.05. The first kappa shape index (κ1) is 13.0. The Labute approximate surface area is 112 Å². The Balaban J connectivity index is 1.92. The van der Waals surface area contributed by atoms with Crippen LogP contribution in [-0.4, -0.2) is 17.1 Å². The van der Waals surface area contributed by atoms with Crippen molar-refractivity contribution < 1.29 is 4.79 Å². The van der Waals surface area contributed by atoms with E-state index in [4.69, 9.17) is 0 Å². The van der Waals surface area contributed by atoms with Gasteiger partial charge >= 0.3 is 0 Å². The average Bonchev–Trinajstić information content (AvgIpc) is 2.49. The molecular formula is C15H15N3O. The number of pyridine rings is 1. The van der Waals surface area contributed by atoms with E-state index < -0.39 is 0 Å². The number of amides is 1. The lowest BCUT2D eigenvalue weighted by Crippen LogP contribution is -2.19. The van der Waals surface area contributed by atoms with Crippen LogP contribution in [0.3, 0.4) is 0 Å². The summed E-state index contributed by atoms with van der Waals surface area (Å²) in [5.74, 6) is -0.164. The molecule has 0 fully saturated rings. The lowest BCUT2D eigenvalue weighted by molar-refractivity contribution is 0.0950. The van der Waals surface area contributed by atoms with Gasteiger partial charge in [0.15, 0.2) is 0 Å². The lowest BCUT2D eigenvalue weighted by atomic mass is 10.0. The molecule has 0 saturated heterocycles. The zero-order valence-corrected chi connectivity index (χ0v) is 10.7. The third kappa shape index (κ3) is 3.74. The number of nitrogens with one attached hydrogen (secondary N) is 1. The molecule has 4 nitrogen and oxygen atoms in total. The molecule has 0 radical (unpaired) electrons. The Bertz CT molecular complexity index is 552. The molecule has 0 aliphatic rings. The summed E-state index contributed by atoms with van der Waals surface area (Å²) in [6, 6.07) is 15.1. The highest BCUT2D eigenvalue weighted by molar-refractivity contribution is 5.92. The van der Waals surface area contributed by atoms with Crippen LogP contribution in [0.15, 0.2) is 59.8 Å². The van der Waals surface area contributed by atoms with Gasteiger partial charge in [0, 0.05) is 18.3 Å². The highest BCUT2D eigenvalue weighted by Crippen LogP contribution is 2.11. The van der Waals surface area contributed by atoms with E-state index in [-0.39, 0.29) is 11.8 Å². The number of carbonyl (C=O) groups excluding carboxylic acids is 1. The Hall–Kier alpha value is -2.49. The molecule has 2 rings (SSSR count). The van der Waals surface area contributed by atoms with Gasteiger partial charge in [-0.05, 0) is 17.7 Å². The van der Waals surface area contributed by atoms with E-state index >= 15 is 0 Å². The molecule has 0 saturated carbocycles. The molecule has 1 aromatic heterocycles. The predicted octanol–water partition coefficient (Wildman–Crippen LogP) is 2.60. The molecule has 19 heavy (non-hydrogen) atoms. The van der Waals surface area contributed by atoms with E-state index in [1.165, 1.54) is 0 Å². The molecule has 96 valence electrons. The van der Waals surface area contributed by atoms with Gasteiger partial charge in [0.1, 0.15) is 5.69 Å². The van der Waals surface area contributed by atoms with Crippen LogP contribution in [0.5, 0.6) is 0 Å². The first-order valence-corrected chi connectivity index (χ1v) is 6.07. The van der Waals surface area contributed by atoms with Gasteiger partial charge in [-0.3, -0.25) is 9.78 Å². The van der Waals surface area contributed by atoms with Crippen molar-refractivity contribution in [3.63, 3.8) is 0 Å². The smallest absolute Gasteiger partial charge is 0.266 e. The normalized spacial score (nSPS) is 12.3. The summed E-state index contributed by atoms with van der Waals surface area (Å²) in [5.41, 5.74) is 3.97. The monoisotopic (exact) mass is 253 g/mol. The molecule has 1 amide bonds. The van der Waals surface area contributed by atoms with Crippen molar-refractivity contribution in [1.82, 2.24) is 10.4 Å². The highest BCUT2D eigenvalue weighted by Gasteiger charge is 2.04. The fourth-order valence-corrected chi connectivity index (χ4v) is 1.60. The Morgan fingerprint density at radius 2 is 1.95 bits per heavy atom. The van der Waals surface area contributed by atoms with E-state index in [0.29, 0.717) is 5.69 Å². The molecule has 1 heterocycles. The van der Waals surface area contributed by atoms with E-state index in [1.807, 2.05) is 37.3 Å². The Morgan fingerprint density at radius 3 is 2.63 bits per heavy atom. The van der Waals surface area contributed by atoms with Crippen LogP contribution < -0.4 is 5.43 Å². The standard InChI is InChI=1S/C15H15N3O/c1-12(13-7-3-2-4-8-13)11-17-18-15(19)14-9-5-6-10-16-14/h2-12H,1H3,(H,18,19)/b17-11-/t12-/m1/s1. The van der Waals surface area contributed by atoms with Gasteiger partial charge in [-0.2, -0.15) is 5.10 Å². The minimum Gasteiger partial charge on any atom is -0.266 e. The van der Waals surface area contributed by atoms with Crippen molar-refractivity contribution in [1.29, 1.82) is 0 Å². The topological polar surface area (TPSA) is 54.4 Å². The summed E-state index contributed by atoms with van der Waals surface area (Å²) in [6.45, 7) is 2.02. The summed E-state index contributed by atoms with van der Waals surface area (Å²) in [7, 11) is 0. The SMILES string of the molecule is C[C@H](/C=N\NC(=O)c1ccccn1)c1ccccc1. The van der Waals surface area contributed by atoms with Gasteiger partial charge in [-0.25, -0.2) is 5.43 Å². The number of aromatic nitrogens is 1. The number of hydrazone groups is 1. The average molecular weight is 253 g/mol. The molecule has 0 spiro atoms. The number of hydrogen-bond donors (Lipinski definition) is 1. The van der Waals surface area contributed by atoms with Crippen molar-refractivity contribution in [2.75, 3.05) is 0 Å². The molecule has 0 bridgehead atoms. The first-order valence-electron chi connectivity index (χ1n) is 6.07. The van der Waals surface area contributed by atoms with Crippen LogP contribution in [-0.2, 0) is 0 Å². The van der Waals surface area contributed by atoms with Crippen molar-refractivity contribution in [3.05, 3.63) is 66.0 Å². The van der Waals surface area contributed by atoms with E-state index in [0.717, 1.165) is 5.56 Å². The molecule has 0 unspecified atom stereocenters. The Kier molecular flexibility index (Phi) is 4.39. The summed E-state index contributed by atoms with van der Waals surface area (Å²) in [6.07, 6.45) is 3.28. The zero-order valence-electron chi connectivity index (χ0n) is 10.7. The van der Waals surface area contributed by atoms with E-state index in [1.54, 1.807) is 30.6 Å². The molecule has 1 atom stereocenters. The minimum atomic E-state index is -0.308. The van der Waals surface area contributed by atoms with Gasteiger partial charge in [-0.1, -0.05) is 43.3 Å². The van der Waals surface area contributed by atoms with Crippen LogP contribution in [0.2, 0.25) is 0 Å². The summed E-state index contributed by atoms with van der Waals surface area (Å²) in [5, 5.41) is 3.96. The fourth-order valence-electron chi connectivity index (χ4n) is 1.60. The first-order chi connectivity index (χ1) is 9.27. The van der Waals surface area contributed by atoms with E-state index in [9.17, 15) is 4.79 Å². The molecule has 4 heteroatoms. The molecule has 0 aliphatic heterocycles. The number of rotatable bonds is 4. The van der Waals surface area contributed by atoms with Crippen LogP contribution in [0, 0.1) is 0 Å². The van der Waals surface area contributed by atoms with Crippen molar-refractivity contribution >= 4 is 12.1 Å². The molecular weight excluding hydrogens is 238 g/mol. The van der Waals surface area contributed by atoms with Gasteiger partial charge in [0.25, 0.3) is 5.91 Å². The molecule has 0 aliphatic carbocycles. The third-order valence-corrected chi connectivity index (χ3v) is 2.69. The van der Waals surface area contributed by atoms with Gasteiger partial charge in [-0.15, -0.1) is 0 Å². The highest BCUT2D eigenvalue weighted by atomic mass is 16.2. The second kappa shape index (κ2) is 6.44. The number of carbonyl (C=O) groups is 1. The second-order valence-corrected chi connectivity index (χ2v) is 4.13. The number of hydrogen-bond acceptors (Lipinski definition) is 3. The van der Waals surface area contributed by atoms with Gasteiger partial charge < -0.3 is 0 Å². The van der Waals surface area contributed by atoms with Crippen molar-refractivity contribution in [3.8, 4) is 0 Å². The third-order valence-electron chi connectivity index (χ3n) is 2.69. The van der Waals surface area contributed by atoms with Crippen molar-refractivity contribution in [2.24, 2.45) is 5.10 Å². The predicted molar refractivity (Wildman–Crippen MR) is 75.1 cm³/mol. The maximum Gasteiger partial charge on any atom is 0.289 e. The maximum atomic E-state index is 11.7. The molecule has 2 aromatic rings. The van der Waals surface area contributed by atoms with Crippen LogP contribution >= 0.6 is 0 Å². The van der Waals surface area contributed by atoms with Gasteiger partial charge in [0.2, 0.25) is 0 Å². The largest absolute Gasteiger partial charge is 0.289 e. The van der Waals surface area contributed by atoms with Crippen LogP contribution in [0.4, 0.5) is 0 Å². The van der Waals surface area contributed by atoms with Crippen LogP contribution in [0.1, 0.15) is 28.9 Å². The van der Waals surface area contributed by atoms with Gasteiger partial charge in [0.05, 0.1) is 0 Å². The summed E-state index contributed by atoms with van der Waals surface area (Å²) >= 11 is 0. The number of benzene rings is 1. The Morgan fingerprint density at radius 1 is 1.21 bits per heavy atom. The number of nitrogens with zero attached hydrogens (tertiary/aromatic N) is 2. The van der Waals surface area contributed by atoms with Crippen LogP contribution in [0.25, 0.3) is 0 Å². The van der Waals surface area contributed by atoms with Crippen molar-refractivity contribution in [2.45, 2.75) is 12.8 Å². The fraction of sp³-hybridized carbons (Fsp3) is 0.133. The summed E-state index contributed by atoms with van der Waals surface area (Å²) < 4.78 is 0. The minimum absolute atomic E-state index is 0.144.